The summed E-state index contributed by atoms with van der Waals surface area (Å²) in [6, 6.07) is 17.0. The predicted octanol–water partition coefficient (Wildman–Crippen LogP) is 5.30. The summed E-state index contributed by atoms with van der Waals surface area (Å²) in [5.74, 6) is 1.85. The molecule has 1 N–H and O–H groups in total. The number of amides is 2. The van der Waals surface area contributed by atoms with E-state index in [1.807, 2.05) is 42.5 Å². The molecule has 4 fully saturated rings. The van der Waals surface area contributed by atoms with Crippen LogP contribution in [0.15, 0.2) is 54.6 Å². The summed E-state index contributed by atoms with van der Waals surface area (Å²) in [7, 11) is -3.75. The molecule has 228 valence electrons. The van der Waals surface area contributed by atoms with E-state index in [1.165, 1.54) is 53.3 Å². The molecule has 2 amide bonds. The summed E-state index contributed by atoms with van der Waals surface area (Å²) < 4.78 is 27.3. The maximum absolute atomic E-state index is 13.8. The zero-order chi connectivity index (χ0) is 29.9. The van der Waals surface area contributed by atoms with E-state index >= 15 is 0 Å². The first-order valence-electron chi connectivity index (χ1n) is 15.8. The molecule has 8 heteroatoms. The predicted molar refractivity (Wildman–Crippen MR) is 168 cm³/mol. The summed E-state index contributed by atoms with van der Waals surface area (Å²) in [6.07, 6.45) is 11.4. The molecule has 0 spiro atoms. The van der Waals surface area contributed by atoms with E-state index in [4.69, 9.17) is 0 Å². The second-order valence-electron chi connectivity index (χ2n) is 13.2. The minimum Gasteiger partial charge on any atom is -0.354 e. The molecule has 1 atom stereocenters. The van der Waals surface area contributed by atoms with Crippen LogP contribution in [0.5, 0.6) is 0 Å². The Morgan fingerprint density at radius 3 is 2.10 bits per heavy atom. The fourth-order valence-electron chi connectivity index (χ4n) is 8.17. The second-order valence-corrected chi connectivity index (χ2v) is 15.1. The number of hydrogen-bond donors (Lipinski definition) is 1. The number of anilines is 1. The lowest BCUT2D eigenvalue weighted by Gasteiger charge is -2.57. The fraction of sp³-hybridized carbons (Fsp3) is 0.588. The van der Waals surface area contributed by atoms with Crippen molar-refractivity contribution >= 4 is 27.5 Å². The van der Waals surface area contributed by atoms with Gasteiger partial charge in [0.05, 0.1) is 11.9 Å². The van der Waals surface area contributed by atoms with E-state index in [0.717, 1.165) is 42.4 Å². The third-order valence-corrected chi connectivity index (χ3v) is 11.1. The van der Waals surface area contributed by atoms with Crippen LogP contribution in [0, 0.1) is 17.8 Å². The summed E-state index contributed by atoms with van der Waals surface area (Å²) in [4.78, 5) is 28.3. The molecule has 4 bridgehead atoms. The summed E-state index contributed by atoms with van der Waals surface area (Å²) in [5, 5.41) is 2.93. The van der Waals surface area contributed by atoms with E-state index in [2.05, 4.69) is 24.4 Å². The minimum atomic E-state index is -3.75. The van der Waals surface area contributed by atoms with Gasteiger partial charge in [0.15, 0.2) is 0 Å². The van der Waals surface area contributed by atoms with Gasteiger partial charge in [0.2, 0.25) is 21.8 Å². The molecule has 0 aromatic heterocycles. The number of nitrogens with one attached hydrogen (secondary N) is 1. The van der Waals surface area contributed by atoms with Crippen LogP contribution in [-0.4, -0.2) is 57.1 Å². The van der Waals surface area contributed by atoms with Gasteiger partial charge in [-0.2, -0.15) is 0 Å². The quantitative estimate of drug-likeness (QED) is 0.320. The van der Waals surface area contributed by atoms with Crippen LogP contribution in [0.25, 0.3) is 0 Å². The van der Waals surface area contributed by atoms with E-state index in [-0.39, 0.29) is 23.8 Å². The molecule has 7 nitrogen and oxygen atoms in total. The Bertz CT molecular complexity index is 1310. The van der Waals surface area contributed by atoms with Crippen LogP contribution in [0.1, 0.15) is 76.3 Å². The smallest absolute Gasteiger partial charge is 0.244 e. The lowest BCUT2D eigenvalue weighted by molar-refractivity contribution is -0.138. The molecule has 0 radical (unpaired) electrons. The minimum absolute atomic E-state index is 0.216. The molecule has 0 unspecified atom stereocenters. The Balaban J connectivity index is 1.34. The molecule has 2 aromatic rings. The number of hydrogen-bond acceptors (Lipinski definition) is 4. The Hall–Kier alpha value is -2.87. The highest BCUT2D eigenvalue weighted by atomic mass is 32.2. The molecule has 0 heterocycles. The van der Waals surface area contributed by atoms with Crippen LogP contribution in [0.3, 0.4) is 0 Å². The van der Waals surface area contributed by atoms with Gasteiger partial charge >= 0.3 is 0 Å². The molecule has 2 aromatic carbocycles. The van der Waals surface area contributed by atoms with Crippen LogP contribution in [-0.2, 0) is 31.4 Å². The molecule has 0 saturated heterocycles. The van der Waals surface area contributed by atoms with Crippen LogP contribution in [0.2, 0.25) is 0 Å². The van der Waals surface area contributed by atoms with E-state index in [1.54, 1.807) is 6.92 Å². The van der Waals surface area contributed by atoms with Gasteiger partial charge in [-0.3, -0.25) is 13.9 Å². The number of sulfonamides is 1. The SMILES string of the molecule is CCCCNC(=O)[C@H](C)N(CCc1ccccc1)C(=O)CN(c1ccc(C23CC4CC(CC(C4)C2)C3)cc1)S(C)(=O)=O. The first-order valence-corrected chi connectivity index (χ1v) is 17.6. The molecular weight excluding hydrogens is 546 g/mol. The number of rotatable bonds is 13. The highest BCUT2D eigenvalue weighted by molar-refractivity contribution is 7.92. The fourth-order valence-corrected chi connectivity index (χ4v) is 9.01. The monoisotopic (exact) mass is 593 g/mol. The number of benzene rings is 2. The van der Waals surface area contributed by atoms with Crippen molar-refractivity contribution in [1.82, 2.24) is 10.2 Å². The zero-order valence-corrected chi connectivity index (χ0v) is 26.2. The van der Waals surface area contributed by atoms with Crippen molar-refractivity contribution < 1.29 is 18.0 Å². The molecule has 4 aliphatic rings. The highest BCUT2D eigenvalue weighted by Crippen LogP contribution is 2.60. The van der Waals surface area contributed by atoms with Gasteiger partial charge in [0.1, 0.15) is 12.6 Å². The second kappa shape index (κ2) is 12.8. The van der Waals surface area contributed by atoms with Crippen LogP contribution < -0.4 is 9.62 Å². The van der Waals surface area contributed by atoms with Crippen molar-refractivity contribution in [2.24, 2.45) is 17.8 Å². The number of unbranched alkanes of at least 4 members (excludes halogenated alkanes) is 1. The van der Waals surface area contributed by atoms with E-state index < -0.39 is 16.1 Å². The largest absolute Gasteiger partial charge is 0.354 e. The van der Waals surface area contributed by atoms with Crippen molar-refractivity contribution in [1.29, 1.82) is 0 Å². The molecule has 0 aliphatic heterocycles. The number of carbonyl (C=O) groups excluding carboxylic acids is 2. The van der Waals surface area contributed by atoms with E-state index in [0.29, 0.717) is 25.2 Å². The molecule has 4 saturated carbocycles. The normalized spacial score (nSPS) is 25.2. The third kappa shape index (κ3) is 6.85. The van der Waals surface area contributed by atoms with Crippen molar-refractivity contribution in [3.8, 4) is 0 Å². The maximum atomic E-state index is 13.8. The van der Waals surface area contributed by atoms with Gasteiger partial charge in [-0.1, -0.05) is 55.8 Å². The average Bonchev–Trinajstić information content (AvgIpc) is 2.95. The van der Waals surface area contributed by atoms with Gasteiger partial charge in [-0.15, -0.1) is 0 Å². The zero-order valence-electron chi connectivity index (χ0n) is 25.4. The lowest BCUT2D eigenvalue weighted by atomic mass is 9.48. The van der Waals surface area contributed by atoms with Crippen LogP contribution in [0.4, 0.5) is 5.69 Å². The van der Waals surface area contributed by atoms with Crippen molar-refractivity contribution in [2.75, 3.05) is 30.2 Å². The van der Waals surface area contributed by atoms with Crippen molar-refractivity contribution in [2.45, 2.75) is 83.1 Å². The Morgan fingerprint density at radius 2 is 1.55 bits per heavy atom. The maximum Gasteiger partial charge on any atom is 0.244 e. The van der Waals surface area contributed by atoms with Crippen LogP contribution >= 0.6 is 0 Å². The van der Waals surface area contributed by atoms with Crippen molar-refractivity contribution in [3.63, 3.8) is 0 Å². The Kier molecular flexibility index (Phi) is 9.31. The van der Waals surface area contributed by atoms with Gasteiger partial charge in [-0.25, -0.2) is 8.42 Å². The average molecular weight is 594 g/mol. The Morgan fingerprint density at radius 1 is 0.952 bits per heavy atom. The van der Waals surface area contributed by atoms with Crippen molar-refractivity contribution in [3.05, 3.63) is 65.7 Å². The standard InChI is InChI=1S/C34H47N3O4S/c1-4-5-16-35-33(39)25(2)36(17-15-26-9-7-6-8-10-26)32(38)24-37(42(3,40)41)31-13-11-30(12-14-31)34-21-27-18-28(22-34)20-29(19-27)23-34/h6-14,25,27-29H,4-5,15-24H2,1-3H3,(H,35,39)/t25-,27?,28?,29?,34?/m0/s1. The summed E-state index contributed by atoms with van der Waals surface area (Å²) in [5.41, 5.74) is 3.07. The molecular formula is C34H47N3O4S. The van der Waals surface area contributed by atoms with Gasteiger partial charge in [0.25, 0.3) is 0 Å². The van der Waals surface area contributed by atoms with Gasteiger partial charge in [0, 0.05) is 13.1 Å². The molecule has 6 rings (SSSR count). The third-order valence-electron chi connectivity index (χ3n) is 9.97. The number of nitrogens with zero attached hydrogens (tertiary/aromatic N) is 2. The Labute approximate surface area is 252 Å². The van der Waals surface area contributed by atoms with Gasteiger partial charge < -0.3 is 10.2 Å². The first kappa shape index (κ1) is 30.6. The summed E-state index contributed by atoms with van der Waals surface area (Å²) in [6.45, 7) is 4.28. The highest BCUT2D eigenvalue weighted by Gasteiger charge is 2.51. The van der Waals surface area contributed by atoms with Gasteiger partial charge in [-0.05, 0) is 105 Å². The first-order chi connectivity index (χ1) is 20.1. The molecule has 42 heavy (non-hydrogen) atoms. The number of carbonyl (C=O) groups is 2. The lowest BCUT2D eigenvalue weighted by Crippen LogP contribution is -2.52. The molecule has 4 aliphatic carbocycles. The summed E-state index contributed by atoms with van der Waals surface area (Å²) >= 11 is 0. The van der Waals surface area contributed by atoms with E-state index in [9.17, 15) is 18.0 Å². The topological polar surface area (TPSA) is 86.8 Å².